The second-order valence-corrected chi connectivity index (χ2v) is 6.09. The summed E-state index contributed by atoms with van der Waals surface area (Å²) < 4.78 is 19.6. The fourth-order valence-corrected chi connectivity index (χ4v) is 3.03. The van der Waals surface area contributed by atoms with Crippen LogP contribution in [0, 0.1) is 5.82 Å². The number of aromatic nitrogens is 2. The largest absolute Gasteiger partial charge is 0.372 e. The summed E-state index contributed by atoms with van der Waals surface area (Å²) in [6.07, 6.45) is 1.80. The van der Waals surface area contributed by atoms with E-state index in [1.165, 1.54) is 12.4 Å². The van der Waals surface area contributed by atoms with Crippen LogP contribution in [0.1, 0.15) is 20.3 Å². The van der Waals surface area contributed by atoms with Gasteiger partial charge in [-0.15, -0.1) is 0 Å². The number of benzene rings is 1. The molecule has 1 aromatic heterocycles. The maximum atomic E-state index is 14.0. The third kappa shape index (κ3) is 3.62. The van der Waals surface area contributed by atoms with Crippen LogP contribution in [-0.4, -0.2) is 52.6 Å². The average Bonchev–Trinajstić information content (AvgIpc) is 2.54. The molecular weight excluding hydrogens is 311 g/mol. The molecule has 1 aliphatic heterocycles. The highest BCUT2D eigenvalue weighted by atomic mass is 19.1. The number of hydrogen-bond donors (Lipinski definition) is 1. The lowest BCUT2D eigenvalue weighted by atomic mass is 10.2. The Bertz CT molecular complexity index is 724. The molecule has 2 aromatic rings. The number of ether oxygens (including phenoxy) is 1. The Morgan fingerprint density at radius 1 is 1.33 bits per heavy atom. The zero-order valence-electron chi connectivity index (χ0n) is 13.8. The van der Waals surface area contributed by atoms with E-state index in [0.29, 0.717) is 42.8 Å². The van der Waals surface area contributed by atoms with E-state index in [-0.39, 0.29) is 23.9 Å². The van der Waals surface area contributed by atoms with Gasteiger partial charge in [0.15, 0.2) is 0 Å². The number of nitrogens with zero attached hydrogens (tertiary/aromatic N) is 3. The molecule has 0 bridgehead atoms. The molecular formula is C17H21FN4O2. The fourth-order valence-electron chi connectivity index (χ4n) is 3.03. The molecule has 0 aliphatic carbocycles. The molecule has 6 nitrogen and oxygen atoms in total. The van der Waals surface area contributed by atoms with Crippen LogP contribution in [-0.2, 0) is 9.53 Å². The van der Waals surface area contributed by atoms with Crippen molar-refractivity contribution in [2.45, 2.75) is 32.5 Å². The number of hydrogen-bond acceptors (Lipinski definition) is 5. The molecule has 2 heterocycles. The Morgan fingerprint density at radius 3 is 2.83 bits per heavy atom. The first-order chi connectivity index (χ1) is 11.5. The van der Waals surface area contributed by atoms with Crippen LogP contribution in [0.15, 0.2) is 24.5 Å². The predicted octanol–water partition coefficient (Wildman–Crippen LogP) is 2.21. The van der Waals surface area contributed by atoms with E-state index < -0.39 is 0 Å². The maximum Gasteiger partial charge on any atom is 0.224 e. The summed E-state index contributed by atoms with van der Waals surface area (Å²) in [5.74, 6) is 0.0932. The van der Waals surface area contributed by atoms with Crippen molar-refractivity contribution < 1.29 is 13.9 Å². The number of nitrogens with one attached hydrogen (secondary N) is 1. The highest BCUT2D eigenvalue weighted by Crippen LogP contribution is 2.22. The molecule has 2 atom stereocenters. The van der Waals surface area contributed by atoms with Crippen LogP contribution in [0.2, 0.25) is 0 Å². The van der Waals surface area contributed by atoms with Crippen molar-refractivity contribution in [3.05, 3.63) is 30.3 Å². The maximum absolute atomic E-state index is 14.0. The van der Waals surface area contributed by atoms with E-state index in [4.69, 9.17) is 4.74 Å². The van der Waals surface area contributed by atoms with Gasteiger partial charge in [-0.2, -0.15) is 0 Å². The zero-order valence-corrected chi connectivity index (χ0v) is 13.8. The van der Waals surface area contributed by atoms with Crippen molar-refractivity contribution in [3.8, 4) is 0 Å². The van der Waals surface area contributed by atoms with E-state index in [9.17, 15) is 9.18 Å². The van der Waals surface area contributed by atoms with E-state index >= 15 is 0 Å². The van der Waals surface area contributed by atoms with Crippen LogP contribution >= 0.6 is 0 Å². The minimum atomic E-state index is -0.377. The Kier molecular flexibility index (Phi) is 4.89. The highest BCUT2D eigenvalue weighted by molar-refractivity contribution is 5.89. The molecule has 1 aliphatic rings. The second kappa shape index (κ2) is 7.09. The molecule has 7 heteroatoms. The van der Waals surface area contributed by atoms with Gasteiger partial charge in [-0.1, -0.05) is 6.07 Å². The number of fused-ring (bicyclic) bond motifs is 1. The highest BCUT2D eigenvalue weighted by Gasteiger charge is 2.25. The minimum absolute atomic E-state index is 0.0468. The van der Waals surface area contributed by atoms with Gasteiger partial charge in [-0.05, 0) is 26.0 Å². The second-order valence-electron chi connectivity index (χ2n) is 6.09. The normalized spacial score (nSPS) is 21.0. The summed E-state index contributed by atoms with van der Waals surface area (Å²) in [5, 5.41) is 3.40. The molecule has 0 spiro atoms. The number of amides is 1. The molecule has 1 N–H and O–H groups in total. The van der Waals surface area contributed by atoms with Crippen LogP contribution in [0.5, 0.6) is 0 Å². The predicted molar refractivity (Wildman–Crippen MR) is 89.2 cm³/mol. The summed E-state index contributed by atoms with van der Waals surface area (Å²) in [4.78, 5) is 22.3. The van der Waals surface area contributed by atoms with Gasteiger partial charge in [0, 0.05) is 26.1 Å². The van der Waals surface area contributed by atoms with Crippen LogP contribution in [0.25, 0.3) is 10.9 Å². The lowest BCUT2D eigenvalue weighted by Gasteiger charge is -2.35. The number of rotatable bonds is 4. The first kappa shape index (κ1) is 16.6. The standard InChI is InChI=1S/C17H21FN4O2/c1-11-8-22(9-12(2)24-11)15(23)6-7-19-17-16-13(18)4-3-5-14(16)20-10-21-17/h3-5,10-12H,6-9H2,1-2H3,(H,19,20,21)/t11-,12-/m1/s1. The average molecular weight is 332 g/mol. The van der Waals surface area contributed by atoms with E-state index in [0.717, 1.165) is 0 Å². The Morgan fingerprint density at radius 2 is 2.08 bits per heavy atom. The van der Waals surface area contributed by atoms with Gasteiger partial charge in [-0.3, -0.25) is 4.79 Å². The molecule has 24 heavy (non-hydrogen) atoms. The Hall–Kier alpha value is -2.28. The quantitative estimate of drug-likeness (QED) is 0.930. The minimum Gasteiger partial charge on any atom is -0.372 e. The van der Waals surface area contributed by atoms with Gasteiger partial charge in [0.25, 0.3) is 0 Å². The van der Waals surface area contributed by atoms with Crippen LogP contribution in [0.3, 0.4) is 0 Å². The van der Waals surface area contributed by atoms with E-state index in [1.807, 2.05) is 18.7 Å². The van der Waals surface area contributed by atoms with Gasteiger partial charge in [0.2, 0.25) is 5.91 Å². The number of carbonyl (C=O) groups is 1. The molecule has 1 amide bonds. The number of halogens is 1. The monoisotopic (exact) mass is 332 g/mol. The van der Waals surface area contributed by atoms with Gasteiger partial charge in [0.05, 0.1) is 23.1 Å². The number of anilines is 1. The summed E-state index contributed by atoms with van der Waals surface area (Å²) >= 11 is 0. The van der Waals surface area contributed by atoms with Crippen LogP contribution in [0.4, 0.5) is 10.2 Å². The Balaban J connectivity index is 1.62. The molecule has 128 valence electrons. The molecule has 0 saturated carbocycles. The summed E-state index contributed by atoms with van der Waals surface area (Å²) in [5.41, 5.74) is 0.537. The zero-order chi connectivity index (χ0) is 17.1. The Labute approximate surface area is 140 Å². The summed E-state index contributed by atoms with van der Waals surface area (Å²) in [6, 6.07) is 4.71. The van der Waals surface area contributed by atoms with Gasteiger partial charge < -0.3 is 15.0 Å². The van der Waals surface area contributed by atoms with Crippen molar-refractivity contribution in [2.24, 2.45) is 0 Å². The van der Waals surface area contributed by atoms with E-state index in [1.54, 1.807) is 12.1 Å². The third-order valence-electron chi connectivity index (χ3n) is 4.02. The van der Waals surface area contributed by atoms with Crippen molar-refractivity contribution in [1.29, 1.82) is 0 Å². The first-order valence-electron chi connectivity index (χ1n) is 8.11. The third-order valence-corrected chi connectivity index (χ3v) is 4.02. The molecule has 0 unspecified atom stereocenters. The first-order valence-corrected chi connectivity index (χ1v) is 8.11. The topological polar surface area (TPSA) is 67.4 Å². The van der Waals surface area contributed by atoms with Crippen LogP contribution < -0.4 is 5.32 Å². The van der Waals surface area contributed by atoms with E-state index in [2.05, 4.69) is 15.3 Å². The van der Waals surface area contributed by atoms with Crippen molar-refractivity contribution >= 4 is 22.6 Å². The smallest absolute Gasteiger partial charge is 0.224 e. The molecule has 1 saturated heterocycles. The molecule has 3 rings (SSSR count). The van der Waals surface area contributed by atoms with Gasteiger partial charge >= 0.3 is 0 Å². The lowest BCUT2D eigenvalue weighted by Crippen LogP contribution is -2.48. The lowest BCUT2D eigenvalue weighted by molar-refractivity contribution is -0.142. The fraction of sp³-hybridized carbons (Fsp3) is 0.471. The van der Waals surface area contributed by atoms with Crippen molar-refractivity contribution in [1.82, 2.24) is 14.9 Å². The summed E-state index contributed by atoms with van der Waals surface area (Å²) in [6.45, 7) is 5.52. The molecule has 0 radical (unpaired) electrons. The van der Waals surface area contributed by atoms with Gasteiger partial charge in [-0.25, -0.2) is 14.4 Å². The number of carbonyl (C=O) groups excluding carboxylic acids is 1. The van der Waals surface area contributed by atoms with Crippen molar-refractivity contribution in [3.63, 3.8) is 0 Å². The number of morpholine rings is 1. The summed E-state index contributed by atoms with van der Waals surface area (Å²) in [7, 11) is 0. The van der Waals surface area contributed by atoms with Crippen molar-refractivity contribution in [2.75, 3.05) is 25.0 Å². The molecule has 1 fully saturated rings. The SMILES string of the molecule is C[C@@H]1CN(C(=O)CCNc2ncnc3cccc(F)c23)C[C@@H](C)O1. The van der Waals surface area contributed by atoms with Gasteiger partial charge in [0.1, 0.15) is 18.0 Å². The molecule has 1 aromatic carbocycles.